The van der Waals surface area contributed by atoms with Crippen LogP contribution in [0.2, 0.25) is 5.02 Å². The molecule has 2 heterocycles. The number of likely N-dealkylation sites (N-methyl/N-ethyl adjacent to an activating group) is 1. The number of nitrogens with one attached hydrogen (secondary N) is 1. The summed E-state index contributed by atoms with van der Waals surface area (Å²) in [4.78, 5) is 27.2. The van der Waals surface area contributed by atoms with Gasteiger partial charge in [-0.1, -0.05) is 23.7 Å². The highest BCUT2D eigenvalue weighted by Gasteiger charge is 2.22. The number of amides is 1. The van der Waals surface area contributed by atoms with E-state index >= 15 is 0 Å². The fourth-order valence-corrected chi connectivity index (χ4v) is 3.85. The van der Waals surface area contributed by atoms with Crippen molar-refractivity contribution in [2.24, 2.45) is 0 Å². The molecule has 9 nitrogen and oxygen atoms in total. The van der Waals surface area contributed by atoms with Crippen LogP contribution in [-0.2, 0) is 4.79 Å². The summed E-state index contributed by atoms with van der Waals surface area (Å²) in [5.74, 6) is 1.64. The molecule has 0 fully saturated rings. The Labute approximate surface area is 213 Å². The Hall–Kier alpha value is -3.95. The van der Waals surface area contributed by atoms with Gasteiger partial charge in [0.15, 0.2) is 6.10 Å². The van der Waals surface area contributed by atoms with Crippen molar-refractivity contribution in [1.29, 1.82) is 0 Å². The zero-order valence-electron chi connectivity index (χ0n) is 19.9. The van der Waals surface area contributed by atoms with Gasteiger partial charge in [-0.15, -0.1) is 0 Å². The molecule has 0 spiro atoms. The topological polar surface area (TPSA) is 110 Å². The summed E-state index contributed by atoms with van der Waals surface area (Å²) in [6.45, 7) is 4.13. The van der Waals surface area contributed by atoms with Crippen LogP contribution in [0.1, 0.15) is 13.8 Å². The Balaban J connectivity index is 1.59. The molecule has 2 aromatic carbocycles. The lowest BCUT2D eigenvalue weighted by atomic mass is 10.2. The van der Waals surface area contributed by atoms with Crippen LogP contribution in [0.15, 0.2) is 67.1 Å². The molecule has 0 aliphatic rings. The van der Waals surface area contributed by atoms with Crippen LogP contribution < -0.4 is 14.8 Å². The molecular formula is C26H26ClN5O4. The number of aliphatic hydroxyl groups excluding tert-OH is 1. The quantitative estimate of drug-likeness (QED) is 0.314. The minimum atomic E-state index is -0.771. The minimum absolute atomic E-state index is 0.114. The van der Waals surface area contributed by atoms with Crippen molar-refractivity contribution < 1.29 is 19.4 Å². The summed E-state index contributed by atoms with van der Waals surface area (Å²) in [6, 6.07) is 16.0. The van der Waals surface area contributed by atoms with Crippen LogP contribution in [0.4, 0.5) is 11.5 Å². The zero-order valence-corrected chi connectivity index (χ0v) is 20.6. The molecule has 186 valence electrons. The number of aromatic nitrogens is 3. The number of hydrogen-bond donors (Lipinski definition) is 2. The molecular weight excluding hydrogens is 482 g/mol. The van der Waals surface area contributed by atoms with Gasteiger partial charge < -0.3 is 24.8 Å². The average molecular weight is 508 g/mol. The molecule has 1 amide bonds. The van der Waals surface area contributed by atoms with Gasteiger partial charge in [0, 0.05) is 31.0 Å². The number of benzene rings is 2. The lowest BCUT2D eigenvalue weighted by Gasteiger charge is -2.24. The molecule has 2 aromatic heterocycles. The van der Waals surface area contributed by atoms with E-state index in [1.165, 1.54) is 6.33 Å². The van der Waals surface area contributed by atoms with Gasteiger partial charge in [0.05, 0.1) is 22.5 Å². The van der Waals surface area contributed by atoms with E-state index in [-0.39, 0.29) is 19.1 Å². The highest BCUT2D eigenvalue weighted by Crippen LogP contribution is 2.35. The molecule has 0 aliphatic carbocycles. The highest BCUT2D eigenvalue weighted by atomic mass is 35.5. The SMILES string of the molecule is CCN(CCO)C(=O)[C@@H](C)Oc1cccc2ncnc(Nc3ccc(Oc4ccccn4)c(Cl)c3)c12. The van der Waals surface area contributed by atoms with Gasteiger partial charge in [-0.25, -0.2) is 15.0 Å². The van der Waals surface area contributed by atoms with Crippen LogP contribution in [-0.4, -0.2) is 56.7 Å². The number of halogens is 1. The van der Waals surface area contributed by atoms with Gasteiger partial charge in [-0.05, 0) is 50.2 Å². The van der Waals surface area contributed by atoms with E-state index in [1.54, 1.807) is 54.4 Å². The number of carbonyl (C=O) groups is 1. The number of anilines is 2. The first-order valence-electron chi connectivity index (χ1n) is 11.5. The van der Waals surface area contributed by atoms with Crippen molar-refractivity contribution in [2.45, 2.75) is 20.0 Å². The number of carbonyl (C=O) groups excluding carboxylic acids is 1. The molecule has 0 aliphatic heterocycles. The van der Waals surface area contributed by atoms with Gasteiger partial charge in [-0.3, -0.25) is 4.79 Å². The van der Waals surface area contributed by atoms with E-state index in [2.05, 4.69) is 20.3 Å². The Bertz CT molecular complexity index is 1330. The number of fused-ring (bicyclic) bond motifs is 1. The second kappa shape index (κ2) is 11.7. The van der Waals surface area contributed by atoms with Gasteiger partial charge in [0.25, 0.3) is 5.91 Å². The number of pyridine rings is 1. The Morgan fingerprint density at radius 1 is 1.11 bits per heavy atom. The van der Waals surface area contributed by atoms with E-state index < -0.39 is 6.10 Å². The predicted octanol–water partition coefficient (Wildman–Crippen LogP) is 4.82. The van der Waals surface area contributed by atoms with Crippen molar-refractivity contribution in [3.63, 3.8) is 0 Å². The number of nitrogens with zero attached hydrogens (tertiary/aromatic N) is 4. The van der Waals surface area contributed by atoms with E-state index in [1.807, 2.05) is 25.1 Å². The van der Waals surface area contributed by atoms with Crippen molar-refractivity contribution in [3.8, 4) is 17.4 Å². The third-order valence-corrected chi connectivity index (χ3v) is 5.68. The van der Waals surface area contributed by atoms with Gasteiger partial charge in [0.1, 0.15) is 23.6 Å². The highest BCUT2D eigenvalue weighted by molar-refractivity contribution is 6.32. The van der Waals surface area contributed by atoms with E-state index in [4.69, 9.17) is 21.1 Å². The molecule has 0 saturated heterocycles. The standard InChI is InChI=1S/C26H26ClN5O4/c1-3-32(13-14-33)26(34)17(2)35-22-8-6-7-20-24(22)25(30-16-29-20)31-18-10-11-21(19(27)15-18)36-23-9-4-5-12-28-23/h4-12,15-17,33H,3,13-14H2,1-2H3,(H,29,30,31)/t17-/m1/s1. The van der Waals surface area contributed by atoms with E-state index in [0.29, 0.717) is 51.4 Å². The normalized spacial score (nSPS) is 11.7. The number of hydrogen-bond acceptors (Lipinski definition) is 8. The Morgan fingerprint density at radius 2 is 1.97 bits per heavy atom. The van der Waals surface area contributed by atoms with Crippen molar-refractivity contribution in [3.05, 3.63) is 72.1 Å². The lowest BCUT2D eigenvalue weighted by molar-refractivity contribution is -0.138. The number of aliphatic hydroxyl groups is 1. The molecule has 0 unspecified atom stereocenters. The third kappa shape index (κ3) is 5.81. The molecule has 4 aromatic rings. The monoisotopic (exact) mass is 507 g/mol. The molecule has 10 heteroatoms. The first kappa shape index (κ1) is 25.2. The summed E-state index contributed by atoms with van der Waals surface area (Å²) in [5.41, 5.74) is 1.32. The fourth-order valence-electron chi connectivity index (χ4n) is 3.63. The second-order valence-electron chi connectivity index (χ2n) is 7.81. The second-order valence-corrected chi connectivity index (χ2v) is 8.22. The van der Waals surface area contributed by atoms with Gasteiger partial charge in [-0.2, -0.15) is 0 Å². The van der Waals surface area contributed by atoms with E-state index in [0.717, 1.165) is 0 Å². The van der Waals surface area contributed by atoms with Crippen molar-refractivity contribution >= 4 is 39.9 Å². The maximum atomic E-state index is 12.8. The van der Waals surface area contributed by atoms with Crippen LogP contribution in [0.5, 0.6) is 17.4 Å². The number of rotatable bonds is 10. The minimum Gasteiger partial charge on any atom is -0.480 e. The lowest BCUT2D eigenvalue weighted by Crippen LogP contribution is -2.41. The summed E-state index contributed by atoms with van der Waals surface area (Å²) < 4.78 is 11.8. The zero-order chi connectivity index (χ0) is 25.5. The molecule has 0 saturated carbocycles. The van der Waals surface area contributed by atoms with Crippen molar-refractivity contribution in [1.82, 2.24) is 19.9 Å². The average Bonchev–Trinajstić information content (AvgIpc) is 2.89. The number of ether oxygens (including phenoxy) is 2. The predicted molar refractivity (Wildman–Crippen MR) is 138 cm³/mol. The Morgan fingerprint density at radius 3 is 2.69 bits per heavy atom. The Kier molecular flexibility index (Phi) is 8.14. The third-order valence-electron chi connectivity index (χ3n) is 5.39. The molecule has 0 bridgehead atoms. The first-order chi connectivity index (χ1) is 17.5. The molecule has 36 heavy (non-hydrogen) atoms. The summed E-state index contributed by atoms with van der Waals surface area (Å²) >= 11 is 6.46. The van der Waals surface area contributed by atoms with Gasteiger partial charge >= 0.3 is 0 Å². The smallest absolute Gasteiger partial charge is 0.263 e. The summed E-state index contributed by atoms with van der Waals surface area (Å²) in [7, 11) is 0. The molecule has 1 atom stereocenters. The van der Waals surface area contributed by atoms with Gasteiger partial charge in [0.2, 0.25) is 5.88 Å². The summed E-state index contributed by atoms with van der Waals surface area (Å²) in [6.07, 6.45) is 2.32. The maximum absolute atomic E-state index is 12.8. The molecule has 0 radical (unpaired) electrons. The maximum Gasteiger partial charge on any atom is 0.263 e. The molecule has 4 rings (SSSR count). The first-order valence-corrected chi connectivity index (χ1v) is 11.8. The van der Waals surface area contributed by atoms with E-state index in [9.17, 15) is 9.90 Å². The largest absolute Gasteiger partial charge is 0.480 e. The summed E-state index contributed by atoms with van der Waals surface area (Å²) in [5, 5.41) is 13.5. The van der Waals surface area contributed by atoms with Crippen LogP contribution in [0.3, 0.4) is 0 Å². The molecule has 2 N–H and O–H groups in total. The van der Waals surface area contributed by atoms with Crippen LogP contribution in [0.25, 0.3) is 10.9 Å². The fraction of sp³-hybridized carbons (Fsp3) is 0.231. The van der Waals surface area contributed by atoms with Crippen molar-refractivity contribution in [2.75, 3.05) is 25.0 Å². The van der Waals surface area contributed by atoms with Crippen LogP contribution >= 0.6 is 11.6 Å². The van der Waals surface area contributed by atoms with Crippen LogP contribution in [0, 0.1) is 0 Å².